The van der Waals surface area contributed by atoms with Crippen LogP contribution >= 0.6 is 15.9 Å². The number of hydrogen-bond donors (Lipinski definition) is 3. The summed E-state index contributed by atoms with van der Waals surface area (Å²) >= 11 is 3.49. The number of likely N-dealkylation sites (tertiary alicyclic amines) is 2. The lowest BCUT2D eigenvalue weighted by molar-refractivity contribution is -0.134. The maximum Gasteiger partial charge on any atom is 0.335 e. The molecule has 0 radical (unpaired) electrons. The largest absolute Gasteiger partial charge is 0.385 e. The van der Waals surface area contributed by atoms with Crippen molar-refractivity contribution in [2.75, 3.05) is 80.8 Å². The van der Waals surface area contributed by atoms with E-state index in [-0.39, 0.29) is 52.1 Å². The van der Waals surface area contributed by atoms with Gasteiger partial charge in [0.1, 0.15) is 11.6 Å². The maximum atomic E-state index is 13.4. The SMILES string of the molecule is CNCCNC.COCCCn1c([C@@H]2CCCN(C(=O)C[C@H](C)Cc3ccc(-n4ccc(=O)n(C)c4=O)cc3)C2)nc2ccccc21.COCCCn1c([C@@H]2CCCN(C(=O)C[C@H](C)Cc3ccc(Br)cc3)C2)nc2ccccc21.Cn1c(=O)cc[nH]c1=O. The van der Waals surface area contributed by atoms with Crippen molar-refractivity contribution in [2.24, 2.45) is 25.9 Å². The molecule has 0 bridgehead atoms. The van der Waals surface area contributed by atoms with Crippen LogP contribution in [0.4, 0.5) is 0 Å². The van der Waals surface area contributed by atoms with E-state index in [1.165, 1.54) is 54.3 Å². The van der Waals surface area contributed by atoms with Gasteiger partial charge in [-0.3, -0.25) is 32.9 Å². The smallest absolute Gasteiger partial charge is 0.335 e. The molecule has 6 heterocycles. The van der Waals surface area contributed by atoms with Gasteiger partial charge in [0.05, 0.1) is 27.8 Å². The highest BCUT2D eigenvalue weighted by Crippen LogP contribution is 2.32. The number of benzene rings is 4. The molecule has 2 amide bonds. The Kier molecular flexibility index (Phi) is 27.1. The number of piperidine rings is 2. The van der Waals surface area contributed by atoms with E-state index in [1.54, 1.807) is 14.2 Å². The molecule has 2 aliphatic heterocycles. The summed E-state index contributed by atoms with van der Waals surface area (Å²) in [5, 5.41) is 6.01. The summed E-state index contributed by atoms with van der Waals surface area (Å²) in [7, 11) is 10.2. The highest BCUT2D eigenvalue weighted by Gasteiger charge is 2.31. The van der Waals surface area contributed by atoms with Crippen LogP contribution in [0.1, 0.15) is 99.8 Å². The number of imidazole rings is 2. The lowest BCUT2D eigenvalue weighted by Gasteiger charge is -2.33. The Bertz CT molecular complexity index is 3730. The van der Waals surface area contributed by atoms with Crippen LogP contribution < -0.4 is 33.1 Å². The van der Waals surface area contributed by atoms with Gasteiger partial charge < -0.3 is 44.0 Å². The zero-order valence-corrected chi connectivity index (χ0v) is 54.8. The fourth-order valence-electron chi connectivity index (χ4n) is 11.6. The number of hydrogen-bond acceptors (Lipinski definition) is 12. The highest BCUT2D eigenvalue weighted by atomic mass is 79.9. The summed E-state index contributed by atoms with van der Waals surface area (Å²) in [6.07, 6.45) is 11.6. The van der Waals surface area contributed by atoms with E-state index in [4.69, 9.17) is 19.4 Å². The van der Waals surface area contributed by atoms with Crippen molar-refractivity contribution in [3.05, 3.63) is 191 Å². The molecule has 8 aromatic rings. The van der Waals surface area contributed by atoms with Crippen molar-refractivity contribution in [1.82, 2.24) is 58.2 Å². The Morgan fingerprint density at radius 3 is 1.54 bits per heavy atom. The first kappa shape index (κ1) is 68.9. The molecular formula is C68H91BrN12O8. The minimum absolute atomic E-state index is 0.174. The lowest BCUT2D eigenvalue weighted by Crippen LogP contribution is -2.40. The predicted octanol–water partition coefficient (Wildman–Crippen LogP) is 8.21. The molecule has 10 rings (SSSR count). The first-order valence-corrected chi connectivity index (χ1v) is 31.9. The Morgan fingerprint density at radius 1 is 0.629 bits per heavy atom. The first-order valence-electron chi connectivity index (χ1n) is 31.1. The number of carbonyl (C=O) groups is 2. The van der Waals surface area contributed by atoms with Gasteiger partial charge in [-0.25, -0.2) is 19.6 Å². The molecule has 0 saturated carbocycles. The molecule has 0 aliphatic carbocycles. The van der Waals surface area contributed by atoms with Crippen molar-refractivity contribution >= 4 is 49.8 Å². The summed E-state index contributed by atoms with van der Waals surface area (Å²) in [6, 6.07) is 35.4. The molecule has 2 saturated heterocycles. The van der Waals surface area contributed by atoms with E-state index >= 15 is 0 Å². The maximum absolute atomic E-state index is 13.4. The number of fused-ring (bicyclic) bond motifs is 2. The number of aryl methyl sites for hydroxylation is 2. The number of likely N-dealkylation sites (N-methyl/N-ethyl adjacent to an activating group) is 2. The third-order valence-electron chi connectivity index (χ3n) is 16.3. The Labute approximate surface area is 530 Å². The highest BCUT2D eigenvalue weighted by molar-refractivity contribution is 9.10. The third kappa shape index (κ3) is 19.7. The Hall–Kier alpha value is -7.56. The number of carbonyl (C=O) groups excluding carboxylic acids is 2. The van der Waals surface area contributed by atoms with Crippen LogP contribution in [0.5, 0.6) is 0 Å². The normalized spacial score (nSPS) is 15.5. The van der Waals surface area contributed by atoms with Gasteiger partial charge in [-0.2, -0.15) is 0 Å². The second kappa shape index (κ2) is 35.0. The second-order valence-corrected chi connectivity index (χ2v) is 24.3. The van der Waals surface area contributed by atoms with Gasteiger partial charge in [0.2, 0.25) is 11.8 Å². The van der Waals surface area contributed by atoms with Gasteiger partial charge in [-0.1, -0.05) is 78.3 Å². The standard InChI is InChI=1S/C32H39N5O4.C27H34BrN3O2.C5H6N2O2.C4H12N2/c1-23(20-24-11-13-26(14-12-24)36-18-15-29(38)34(2)32(36)40)21-30(39)35-16-6-8-25(22-35)31-33-27-9-4-5-10-28(27)37(31)17-7-19-41-3;1-20(17-21-10-12-23(28)13-11-21)18-26(32)30-14-5-7-22(19-30)27-29-24-8-3-4-9-25(24)31(27)15-6-16-33-2;1-7-4(8)2-3-6-5(7)9;1-5-3-4-6-2/h4-5,9-15,18,23,25H,6-8,16-17,19-22H2,1-3H3;3-4,8-13,20,22H,5-7,14-19H2,1-2H3;2-3H,1H3,(H,6,9);5-6H,3-4H2,1-2H3/t23-,25-;20-,22-;;/m11../s1. The van der Waals surface area contributed by atoms with Crippen LogP contribution in [-0.4, -0.2) is 140 Å². The first-order chi connectivity index (χ1) is 43.0. The van der Waals surface area contributed by atoms with Gasteiger partial charge in [0.15, 0.2) is 0 Å². The molecule has 21 heteroatoms. The van der Waals surface area contributed by atoms with Crippen LogP contribution in [0.15, 0.2) is 145 Å². The number of nitrogens with one attached hydrogen (secondary N) is 3. The fraction of sp³-hybridized carbons (Fsp3) is 0.471. The van der Waals surface area contributed by atoms with Crippen LogP contribution in [0.3, 0.4) is 0 Å². The van der Waals surface area contributed by atoms with Crippen LogP contribution in [-0.2, 0) is 59.1 Å². The second-order valence-electron chi connectivity index (χ2n) is 23.3. The van der Waals surface area contributed by atoms with Crippen molar-refractivity contribution in [2.45, 2.75) is 103 Å². The lowest BCUT2D eigenvalue weighted by atomic mass is 9.94. The molecule has 0 unspecified atom stereocenters. The minimum Gasteiger partial charge on any atom is -0.385 e. The van der Waals surface area contributed by atoms with Crippen LogP contribution in [0.2, 0.25) is 0 Å². The summed E-state index contributed by atoms with van der Waals surface area (Å²) in [6.45, 7) is 12.7. The van der Waals surface area contributed by atoms with Crippen molar-refractivity contribution < 1.29 is 19.1 Å². The van der Waals surface area contributed by atoms with Crippen LogP contribution in [0, 0.1) is 11.8 Å². The van der Waals surface area contributed by atoms with Gasteiger partial charge in [-0.15, -0.1) is 0 Å². The van der Waals surface area contributed by atoms with Gasteiger partial charge in [0, 0.05) is 148 Å². The molecule has 0 spiro atoms. The molecule has 4 aromatic heterocycles. The van der Waals surface area contributed by atoms with Crippen molar-refractivity contribution in [3.8, 4) is 5.69 Å². The molecule has 478 valence electrons. The van der Waals surface area contributed by atoms with Gasteiger partial charge in [0.25, 0.3) is 11.1 Å². The minimum atomic E-state index is -0.387. The summed E-state index contributed by atoms with van der Waals surface area (Å²) < 4.78 is 19.9. The molecule has 89 heavy (non-hydrogen) atoms. The molecule has 2 fully saturated rings. The van der Waals surface area contributed by atoms with Crippen molar-refractivity contribution in [1.29, 1.82) is 0 Å². The summed E-state index contributed by atoms with van der Waals surface area (Å²) in [5.74, 6) is 3.64. The number of ether oxygens (including phenoxy) is 2. The third-order valence-corrected chi connectivity index (χ3v) is 16.9. The van der Waals surface area contributed by atoms with E-state index in [9.17, 15) is 28.8 Å². The van der Waals surface area contributed by atoms with Crippen molar-refractivity contribution in [3.63, 3.8) is 0 Å². The van der Waals surface area contributed by atoms with Crippen LogP contribution in [0.25, 0.3) is 27.8 Å². The molecular weight excluding hydrogens is 1190 g/mol. The molecule has 4 aromatic carbocycles. The average molecular weight is 1280 g/mol. The van der Waals surface area contributed by atoms with E-state index in [2.05, 4.69) is 120 Å². The Balaban J connectivity index is 0.000000208. The zero-order valence-electron chi connectivity index (χ0n) is 53.2. The zero-order chi connectivity index (χ0) is 63.8. The van der Waals surface area contributed by atoms with E-state index in [0.717, 1.165) is 151 Å². The van der Waals surface area contributed by atoms with Gasteiger partial charge >= 0.3 is 11.4 Å². The predicted molar refractivity (Wildman–Crippen MR) is 356 cm³/mol. The summed E-state index contributed by atoms with van der Waals surface area (Å²) in [5.41, 5.74) is 6.05. The number of methoxy groups -OCH3 is 2. The molecule has 2 aliphatic rings. The quantitative estimate of drug-likeness (QED) is 0.0547. The number of aromatic amines is 1. The topological polar surface area (TPSA) is 218 Å². The summed E-state index contributed by atoms with van der Waals surface area (Å²) in [4.78, 5) is 88.3. The number of para-hydroxylation sites is 4. The fourth-order valence-corrected chi connectivity index (χ4v) is 11.8. The number of halogens is 1. The number of H-pyrrole nitrogens is 1. The molecule has 4 atom stereocenters. The average Bonchev–Trinajstić information content (AvgIpc) is 2.25. The van der Waals surface area contributed by atoms with Gasteiger partial charge in [-0.05, 0) is 137 Å². The number of nitrogens with zero attached hydrogens (tertiary/aromatic N) is 9. The van der Waals surface area contributed by atoms with E-state index < -0.39 is 0 Å². The molecule has 3 N–H and O–H groups in total. The molecule has 20 nitrogen and oxygen atoms in total. The van der Waals surface area contributed by atoms with E-state index in [0.29, 0.717) is 37.6 Å². The number of aromatic nitrogens is 8. The monoisotopic (exact) mass is 1280 g/mol. The number of rotatable bonds is 22. The Morgan fingerprint density at radius 2 is 1.09 bits per heavy atom. The number of amides is 2. The van der Waals surface area contributed by atoms with E-state index in [1.807, 2.05) is 55.4 Å².